The third-order valence-corrected chi connectivity index (χ3v) is 3.25. The summed E-state index contributed by atoms with van der Waals surface area (Å²) >= 11 is 0. The summed E-state index contributed by atoms with van der Waals surface area (Å²) in [7, 11) is 0. The minimum atomic E-state index is -4.78. The Morgan fingerprint density at radius 1 is 1.45 bits per heavy atom. The number of anilines is 1. The van der Waals surface area contributed by atoms with E-state index in [1.54, 1.807) is 20.8 Å². The minimum Gasteiger partial charge on any atom is -0.465 e. The summed E-state index contributed by atoms with van der Waals surface area (Å²) in [6, 6.07) is -0.718. The number of ether oxygens (including phenoxy) is 1. The number of alkyl halides is 3. The van der Waals surface area contributed by atoms with Gasteiger partial charge in [0.25, 0.3) is 11.7 Å². The van der Waals surface area contributed by atoms with Crippen molar-refractivity contribution in [2.24, 2.45) is 11.8 Å². The second kappa shape index (κ2) is 5.58. The zero-order valence-electron chi connectivity index (χ0n) is 12.1. The van der Waals surface area contributed by atoms with Gasteiger partial charge in [0.2, 0.25) is 5.95 Å². The number of nitrogens with zero attached hydrogens (tertiary/aromatic N) is 3. The van der Waals surface area contributed by atoms with E-state index < -0.39 is 35.8 Å². The fourth-order valence-corrected chi connectivity index (χ4v) is 2.23. The molecule has 7 nitrogen and oxygen atoms in total. The topological polar surface area (TPSA) is 86.1 Å². The maximum atomic E-state index is 12.7. The zero-order chi connectivity index (χ0) is 16.7. The number of fused-ring (bicyclic) bond motifs is 1. The van der Waals surface area contributed by atoms with Crippen LogP contribution in [0.5, 0.6) is 0 Å². The summed E-state index contributed by atoms with van der Waals surface area (Å²) in [6.45, 7) is 5.10. The van der Waals surface area contributed by atoms with Crippen molar-refractivity contribution in [3.8, 4) is 0 Å². The van der Waals surface area contributed by atoms with Crippen LogP contribution in [0.15, 0.2) is 0 Å². The van der Waals surface area contributed by atoms with Crippen LogP contribution < -0.4 is 5.32 Å². The van der Waals surface area contributed by atoms with E-state index in [1.807, 2.05) is 0 Å². The van der Waals surface area contributed by atoms with Gasteiger partial charge in [-0.3, -0.25) is 9.59 Å². The molecular formula is C12H15F3N4O3. The smallest absolute Gasteiger partial charge is 0.453 e. The second-order valence-electron chi connectivity index (χ2n) is 5.15. The molecule has 22 heavy (non-hydrogen) atoms. The van der Waals surface area contributed by atoms with E-state index >= 15 is 0 Å². The number of esters is 1. The molecule has 0 unspecified atom stereocenters. The Morgan fingerprint density at radius 3 is 2.59 bits per heavy atom. The van der Waals surface area contributed by atoms with Gasteiger partial charge in [0.05, 0.1) is 12.6 Å². The molecule has 122 valence electrons. The number of nitrogens with one attached hydrogen (secondary N) is 1. The van der Waals surface area contributed by atoms with Crippen molar-refractivity contribution in [2.75, 3.05) is 11.9 Å². The van der Waals surface area contributed by atoms with Crippen LogP contribution in [0.4, 0.5) is 19.1 Å². The third-order valence-electron chi connectivity index (χ3n) is 3.25. The van der Waals surface area contributed by atoms with E-state index in [2.05, 4.69) is 15.4 Å². The molecule has 1 aromatic rings. The lowest BCUT2D eigenvalue weighted by atomic mass is 9.88. The Morgan fingerprint density at radius 2 is 2.09 bits per heavy atom. The summed E-state index contributed by atoms with van der Waals surface area (Å²) in [6.07, 6.45) is -4.78. The minimum absolute atomic E-state index is 0.0610. The van der Waals surface area contributed by atoms with Gasteiger partial charge in [-0.2, -0.15) is 22.8 Å². The van der Waals surface area contributed by atoms with Gasteiger partial charge in [0.15, 0.2) is 5.92 Å². The molecule has 1 aliphatic rings. The van der Waals surface area contributed by atoms with Crippen LogP contribution in [0.3, 0.4) is 0 Å². The molecule has 0 aliphatic carbocycles. The van der Waals surface area contributed by atoms with Crippen molar-refractivity contribution in [3.63, 3.8) is 0 Å². The van der Waals surface area contributed by atoms with Gasteiger partial charge in [-0.25, -0.2) is 0 Å². The average Bonchev–Trinajstić information content (AvgIpc) is 2.82. The quantitative estimate of drug-likeness (QED) is 0.672. The van der Waals surface area contributed by atoms with Gasteiger partial charge in [-0.05, 0) is 12.8 Å². The van der Waals surface area contributed by atoms with Crippen LogP contribution >= 0.6 is 0 Å². The molecule has 10 heteroatoms. The molecule has 0 spiro atoms. The Hall–Kier alpha value is -2.13. The Balaban J connectivity index is 2.44. The highest BCUT2D eigenvalue weighted by Gasteiger charge is 2.46. The molecule has 2 rings (SSSR count). The van der Waals surface area contributed by atoms with E-state index in [1.165, 1.54) is 0 Å². The summed E-state index contributed by atoms with van der Waals surface area (Å²) in [5, 5.41) is 5.83. The highest BCUT2D eigenvalue weighted by Crippen LogP contribution is 2.31. The lowest BCUT2D eigenvalue weighted by Gasteiger charge is -2.32. The first-order valence-electron chi connectivity index (χ1n) is 6.68. The summed E-state index contributed by atoms with van der Waals surface area (Å²) in [4.78, 5) is 27.6. The van der Waals surface area contributed by atoms with E-state index in [-0.39, 0.29) is 18.5 Å². The summed E-state index contributed by atoms with van der Waals surface area (Å²) in [5.74, 6) is -4.91. The molecule has 1 aromatic heterocycles. The SMILES string of the molecule is CCOC(=O)[C@@H]1C(=O)n2nc(C(F)(F)F)nc2N[C@H]1C(C)C. The van der Waals surface area contributed by atoms with Crippen LogP contribution in [-0.2, 0) is 15.7 Å². The van der Waals surface area contributed by atoms with Crippen molar-refractivity contribution in [1.82, 2.24) is 14.8 Å². The second-order valence-corrected chi connectivity index (χ2v) is 5.15. The molecule has 0 fully saturated rings. The van der Waals surface area contributed by atoms with Crippen LogP contribution in [0, 0.1) is 11.8 Å². The Labute approximate surface area is 123 Å². The molecule has 2 atom stereocenters. The van der Waals surface area contributed by atoms with E-state index in [0.29, 0.717) is 4.68 Å². The average molecular weight is 320 g/mol. The first kappa shape index (κ1) is 16.2. The highest BCUT2D eigenvalue weighted by molar-refractivity contribution is 6.02. The maximum Gasteiger partial charge on any atom is 0.453 e. The Bertz CT molecular complexity index is 597. The number of carbonyl (C=O) groups is 2. The van der Waals surface area contributed by atoms with E-state index in [9.17, 15) is 22.8 Å². The van der Waals surface area contributed by atoms with Gasteiger partial charge in [-0.1, -0.05) is 13.8 Å². The summed E-state index contributed by atoms with van der Waals surface area (Å²) < 4.78 is 43.3. The molecule has 0 radical (unpaired) electrons. The highest BCUT2D eigenvalue weighted by atomic mass is 19.4. The maximum absolute atomic E-state index is 12.7. The summed E-state index contributed by atoms with van der Waals surface area (Å²) in [5.41, 5.74) is 0. The van der Waals surface area contributed by atoms with Crippen LogP contribution in [0.2, 0.25) is 0 Å². The molecule has 1 N–H and O–H groups in total. The molecule has 0 bridgehead atoms. The molecule has 1 aliphatic heterocycles. The molecular weight excluding hydrogens is 305 g/mol. The van der Waals surface area contributed by atoms with Gasteiger partial charge in [0, 0.05) is 0 Å². The number of halogens is 3. The molecule has 0 aromatic carbocycles. The van der Waals surface area contributed by atoms with Crippen molar-refractivity contribution < 1.29 is 27.5 Å². The lowest BCUT2D eigenvalue weighted by molar-refractivity contribution is -0.147. The fraction of sp³-hybridized carbons (Fsp3) is 0.667. The molecule has 0 saturated carbocycles. The molecule has 0 saturated heterocycles. The standard InChI is InChI=1S/C12H15F3N4O3/c1-4-22-9(21)6-7(5(2)3)16-11-17-10(12(13,14)15)18-19(11)8(6)20/h5-7H,4H2,1-3H3,(H,16,17,18)/t6-,7-/m0/s1. The number of hydrogen-bond acceptors (Lipinski definition) is 6. The normalized spacial score (nSPS) is 21.5. The number of rotatable bonds is 3. The first-order chi connectivity index (χ1) is 10.2. The molecule has 0 amide bonds. The monoisotopic (exact) mass is 320 g/mol. The fourth-order valence-electron chi connectivity index (χ4n) is 2.23. The van der Waals surface area contributed by atoms with Crippen molar-refractivity contribution in [2.45, 2.75) is 33.0 Å². The number of aromatic nitrogens is 3. The van der Waals surface area contributed by atoms with Crippen LogP contribution in [-0.4, -0.2) is 39.3 Å². The third kappa shape index (κ3) is 2.77. The van der Waals surface area contributed by atoms with Crippen molar-refractivity contribution in [1.29, 1.82) is 0 Å². The predicted octanol–water partition coefficient (Wildman–Crippen LogP) is 1.57. The van der Waals surface area contributed by atoms with Gasteiger partial charge in [0.1, 0.15) is 0 Å². The van der Waals surface area contributed by atoms with Crippen molar-refractivity contribution >= 4 is 17.8 Å². The Kier molecular flexibility index (Phi) is 4.12. The number of carbonyl (C=O) groups excluding carboxylic acids is 2. The zero-order valence-corrected chi connectivity index (χ0v) is 12.1. The van der Waals surface area contributed by atoms with Gasteiger partial charge >= 0.3 is 12.1 Å². The lowest BCUT2D eigenvalue weighted by Crippen LogP contribution is -2.50. The van der Waals surface area contributed by atoms with Crippen LogP contribution in [0.25, 0.3) is 0 Å². The first-order valence-corrected chi connectivity index (χ1v) is 6.68. The van der Waals surface area contributed by atoms with Crippen molar-refractivity contribution in [3.05, 3.63) is 5.82 Å². The number of hydrogen-bond donors (Lipinski definition) is 1. The van der Waals surface area contributed by atoms with E-state index in [0.717, 1.165) is 0 Å². The van der Waals surface area contributed by atoms with Crippen LogP contribution in [0.1, 0.15) is 31.4 Å². The van der Waals surface area contributed by atoms with Gasteiger partial charge < -0.3 is 10.1 Å². The molecule has 2 heterocycles. The largest absolute Gasteiger partial charge is 0.465 e. The van der Waals surface area contributed by atoms with Gasteiger partial charge in [-0.15, -0.1) is 5.10 Å². The predicted molar refractivity (Wildman–Crippen MR) is 68.0 cm³/mol. The van der Waals surface area contributed by atoms with E-state index in [4.69, 9.17) is 4.74 Å².